The number of benzene rings is 1. The molecule has 1 aliphatic rings. The maximum atomic E-state index is 5.84. The topological polar surface area (TPSA) is 35.2 Å². The molecule has 2 heteroatoms. The van der Waals surface area contributed by atoms with Gasteiger partial charge in [0.1, 0.15) is 5.75 Å². The number of methoxy groups -OCH3 is 1. The highest BCUT2D eigenvalue weighted by atomic mass is 16.5. The summed E-state index contributed by atoms with van der Waals surface area (Å²) >= 11 is 0. The van der Waals surface area contributed by atoms with E-state index < -0.39 is 0 Å². The Morgan fingerprint density at radius 3 is 2.69 bits per heavy atom. The first-order valence-electron chi connectivity index (χ1n) is 4.63. The van der Waals surface area contributed by atoms with Gasteiger partial charge in [-0.25, -0.2) is 0 Å². The van der Waals surface area contributed by atoms with Crippen molar-refractivity contribution in [1.82, 2.24) is 0 Å². The maximum absolute atomic E-state index is 5.84. The molecule has 0 saturated heterocycles. The molecule has 13 heavy (non-hydrogen) atoms. The third-order valence-electron chi connectivity index (χ3n) is 2.71. The van der Waals surface area contributed by atoms with Gasteiger partial charge in [-0.3, -0.25) is 0 Å². The lowest BCUT2D eigenvalue weighted by atomic mass is 10.0. The SMILES string of the molecule is COc1cccc(C)c1[C@@H]1C[C@H]1N. The second kappa shape index (κ2) is 3.04. The van der Waals surface area contributed by atoms with Crippen LogP contribution >= 0.6 is 0 Å². The standard InChI is InChI=1S/C11H15NO/c1-7-4-3-5-10(13-2)11(7)8-6-9(8)12/h3-5,8-9H,6,12H2,1-2H3/t8-,9-/m1/s1. The molecule has 0 amide bonds. The smallest absolute Gasteiger partial charge is 0.122 e. The minimum atomic E-state index is 0.343. The van der Waals surface area contributed by atoms with E-state index >= 15 is 0 Å². The van der Waals surface area contributed by atoms with E-state index in [0.29, 0.717) is 12.0 Å². The van der Waals surface area contributed by atoms with Crippen molar-refractivity contribution in [1.29, 1.82) is 0 Å². The molecule has 1 aromatic carbocycles. The average molecular weight is 177 g/mol. The summed E-state index contributed by atoms with van der Waals surface area (Å²) in [6, 6.07) is 6.48. The number of nitrogens with two attached hydrogens (primary N) is 1. The van der Waals surface area contributed by atoms with E-state index in [1.807, 2.05) is 12.1 Å². The zero-order valence-electron chi connectivity index (χ0n) is 8.08. The summed E-state index contributed by atoms with van der Waals surface area (Å²) in [7, 11) is 1.71. The Balaban J connectivity index is 2.41. The summed E-state index contributed by atoms with van der Waals surface area (Å²) in [6.45, 7) is 2.11. The van der Waals surface area contributed by atoms with Gasteiger partial charge in [-0.2, -0.15) is 0 Å². The van der Waals surface area contributed by atoms with Crippen molar-refractivity contribution in [3.05, 3.63) is 29.3 Å². The number of hydrogen-bond acceptors (Lipinski definition) is 2. The zero-order valence-corrected chi connectivity index (χ0v) is 8.08. The van der Waals surface area contributed by atoms with Crippen LogP contribution in [0.1, 0.15) is 23.5 Å². The minimum Gasteiger partial charge on any atom is -0.496 e. The van der Waals surface area contributed by atoms with Crippen LogP contribution in [0.5, 0.6) is 5.75 Å². The van der Waals surface area contributed by atoms with Crippen molar-refractivity contribution in [2.75, 3.05) is 7.11 Å². The van der Waals surface area contributed by atoms with Crippen LogP contribution in [0, 0.1) is 6.92 Å². The Hall–Kier alpha value is -1.02. The maximum Gasteiger partial charge on any atom is 0.122 e. The van der Waals surface area contributed by atoms with Gasteiger partial charge in [0.2, 0.25) is 0 Å². The van der Waals surface area contributed by atoms with E-state index in [0.717, 1.165) is 12.2 Å². The highest BCUT2D eigenvalue weighted by Crippen LogP contribution is 2.44. The van der Waals surface area contributed by atoms with Crippen LogP contribution in [-0.2, 0) is 0 Å². The van der Waals surface area contributed by atoms with Crippen LogP contribution in [0.2, 0.25) is 0 Å². The molecular formula is C11H15NO. The summed E-state index contributed by atoms with van der Waals surface area (Å²) in [5, 5.41) is 0. The Bertz CT molecular complexity index is 322. The molecule has 2 nitrogen and oxygen atoms in total. The zero-order chi connectivity index (χ0) is 9.42. The van der Waals surface area contributed by atoms with Gasteiger partial charge in [0.15, 0.2) is 0 Å². The van der Waals surface area contributed by atoms with Gasteiger partial charge < -0.3 is 10.5 Å². The molecule has 0 aliphatic heterocycles. The lowest BCUT2D eigenvalue weighted by Gasteiger charge is -2.10. The van der Waals surface area contributed by atoms with Gasteiger partial charge in [-0.05, 0) is 25.0 Å². The molecule has 1 fully saturated rings. The average Bonchev–Trinajstić information content (AvgIpc) is 2.82. The van der Waals surface area contributed by atoms with E-state index in [1.54, 1.807) is 7.11 Å². The number of aryl methyl sites for hydroxylation is 1. The highest BCUT2D eigenvalue weighted by molar-refractivity contribution is 5.45. The molecule has 0 aromatic heterocycles. The van der Waals surface area contributed by atoms with Crippen LogP contribution in [-0.4, -0.2) is 13.2 Å². The van der Waals surface area contributed by atoms with E-state index in [1.165, 1.54) is 11.1 Å². The second-order valence-corrected chi connectivity index (χ2v) is 3.70. The highest BCUT2D eigenvalue weighted by Gasteiger charge is 2.37. The Morgan fingerprint density at radius 2 is 2.15 bits per heavy atom. The van der Waals surface area contributed by atoms with Gasteiger partial charge in [-0.1, -0.05) is 12.1 Å². The normalized spacial score (nSPS) is 25.8. The van der Waals surface area contributed by atoms with Crippen LogP contribution in [0.3, 0.4) is 0 Å². The molecule has 70 valence electrons. The Morgan fingerprint density at radius 1 is 1.46 bits per heavy atom. The summed E-state index contributed by atoms with van der Waals surface area (Å²) in [5.74, 6) is 1.51. The third-order valence-corrected chi connectivity index (χ3v) is 2.71. The Labute approximate surface area is 78.7 Å². The van der Waals surface area contributed by atoms with Gasteiger partial charge in [0, 0.05) is 17.5 Å². The van der Waals surface area contributed by atoms with Gasteiger partial charge >= 0.3 is 0 Å². The fourth-order valence-electron chi connectivity index (χ4n) is 1.85. The van der Waals surface area contributed by atoms with E-state index in [9.17, 15) is 0 Å². The van der Waals surface area contributed by atoms with E-state index in [-0.39, 0.29) is 0 Å². The minimum absolute atomic E-state index is 0.343. The molecule has 1 aromatic rings. The fraction of sp³-hybridized carbons (Fsp3) is 0.455. The van der Waals surface area contributed by atoms with Gasteiger partial charge in [-0.15, -0.1) is 0 Å². The summed E-state index contributed by atoms with van der Waals surface area (Å²) < 4.78 is 5.32. The monoisotopic (exact) mass is 177 g/mol. The first kappa shape index (κ1) is 8.57. The molecule has 1 saturated carbocycles. The van der Waals surface area contributed by atoms with Gasteiger partial charge in [0.25, 0.3) is 0 Å². The van der Waals surface area contributed by atoms with Crippen molar-refractivity contribution in [3.8, 4) is 5.75 Å². The van der Waals surface area contributed by atoms with Crippen LogP contribution < -0.4 is 10.5 Å². The van der Waals surface area contributed by atoms with Crippen molar-refractivity contribution in [2.45, 2.75) is 25.3 Å². The summed E-state index contributed by atoms with van der Waals surface area (Å²) in [6.07, 6.45) is 1.10. The first-order chi connectivity index (χ1) is 6.24. The molecule has 0 bridgehead atoms. The fourth-order valence-corrected chi connectivity index (χ4v) is 1.85. The van der Waals surface area contributed by atoms with Crippen molar-refractivity contribution in [2.24, 2.45) is 5.73 Å². The quantitative estimate of drug-likeness (QED) is 0.747. The molecular weight excluding hydrogens is 162 g/mol. The largest absolute Gasteiger partial charge is 0.496 e. The van der Waals surface area contributed by atoms with Crippen LogP contribution in [0.4, 0.5) is 0 Å². The predicted molar refractivity (Wildman–Crippen MR) is 53.1 cm³/mol. The van der Waals surface area contributed by atoms with Crippen LogP contribution in [0.25, 0.3) is 0 Å². The third kappa shape index (κ3) is 1.42. The number of rotatable bonds is 2. The molecule has 2 rings (SSSR count). The molecule has 1 aliphatic carbocycles. The van der Waals surface area contributed by atoms with E-state index in [2.05, 4.69) is 13.0 Å². The molecule has 0 spiro atoms. The summed E-state index contributed by atoms with van der Waals surface area (Å²) in [5.41, 5.74) is 8.43. The first-order valence-corrected chi connectivity index (χ1v) is 4.63. The second-order valence-electron chi connectivity index (χ2n) is 3.70. The molecule has 0 unspecified atom stereocenters. The molecule has 2 atom stereocenters. The van der Waals surface area contributed by atoms with Crippen molar-refractivity contribution in [3.63, 3.8) is 0 Å². The van der Waals surface area contributed by atoms with Crippen molar-refractivity contribution >= 4 is 0 Å². The predicted octanol–water partition coefficient (Wildman–Crippen LogP) is 1.82. The molecule has 0 radical (unpaired) electrons. The van der Waals surface area contributed by atoms with Crippen molar-refractivity contribution < 1.29 is 4.74 Å². The number of ether oxygens (including phenoxy) is 1. The lowest BCUT2D eigenvalue weighted by molar-refractivity contribution is 0.409. The number of hydrogen-bond donors (Lipinski definition) is 1. The molecule has 2 N–H and O–H groups in total. The van der Waals surface area contributed by atoms with Gasteiger partial charge in [0.05, 0.1) is 7.11 Å². The van der Waals surface area contributed by atoms with E-state index in [4.69, 9.17) is 10.5 Å². The lowest BCUT2D eigenvalue weighted by Crippen LogP contribution is -2.03. The Kier molecular flexibility index (Phi) is 2.00. The van der Waals surface area contributed by atoms with Crippen LogP contribution in [0.15, 0.2) is 18.2 Å². The summed E-state index contributed by atoms with van der Waals surface area (Å²) in [4.78, 5) is 0. The molecule has 0 heterocycles.